The van der Waals surface area contributed by atoms with Gasteiger partial charge in [0.1, 0.15) is 0 Å². The Kier molecular flexibility index (Phi) is 5.73. The molecule has 2 fully saturated rings. The molecule has 0 radical (unpaired) electrons. The second-order valence-electron chi connectivity index (χ2n) is 8.32. The first-order valence-electron chi connectivity index (χ1n) is 9.68. The summed E-state index contributed by atoms with van der Waals surface area (Å²) < 4.78 is 1.21. The Labute approximate surface area is 156 Å². The first kappa shape index (κ1) is 18.4. The Morgan fingerprint density at radius 3 is 2.62 bits per heavy atom. The zero-order chi connectivity index (χ0) is 17.2. The van der Waals surface area contributed by atoms with Gasteiger partial charge in [0.05, 0.1) is 0 Å². The van der Waals surface area contributed by atoms with Crippen LogP contribution in [0.1, 0.15) is 64.4 Å². The van der Waals surface area contributed by atoms with Crippen molar-refractivity contribution in [2.24, 2.45) is 5.41 Å². The van der Waals surface area contributed by atoms with Crippen molar-refractivity contribution in [1.29, 1.82) is 0 Å². The fourth-order valence-electron chi connectivity index (χ4n) is 4.67. The van der Waals surface area contributed by atoms with Gasteiger partial charge in [-0.15, -0.1) is 0 Å². The molecule has 0 amide bonds. The number of halogens is 1. The van der Waals surface area contributed by atoms with Crippen LogP contribution in [0.25, 0.3) is 0 Å². The van der Waals surface area contributed by atoms with Gasteiger partial charge < -0.3 is 5.32 Å². The molecule has 1 spiro atoms. The van der Waals surface area contributed by atoms with Crippen LogP contribution in [0.5, 0.6) is 0 Å². The monoisotopic (exact) mass is 392 g/mol. The summed E-state index contributed by atoms with van der Waals surface area (Å²) in [5, 5.41) is 3.64. The molecule has 1 atom stereocenters. The van der Waals surface area contributed by atoms with Crippen LogP contribution >= 0.6 is 15.9 Å². The van der Waals surface area contributed by atoms with Crippen molar-refractivity contribution in [1.82, 2.24) is 10.2 Å². The number of rotatable bonds is 9. The molecular weight excluding hydrogens is 360 g/mol. The van der Waals surface area contributed by atoms with E-state index in [1.807, 2.05) is 0 Å². The third-order valence-corrected chi connectivity index (χ3v) is 7.01. The van der Waals surface area contributed by atoms with Crippen molar-refractivity contribution in [2.75, 3.05) is 20.3 Å². The van der Waals surface area contributed by atoms with Gasteiger partial charge in [0, 0.05) is 22.6 Å². The maximum atomic E-state index is 3.68. The summed E-state index contributed by atoms with van der Waals surface area (Å²) in [5.41, 5.74) is 2.56. The Morgan fingerprint density at radius 1 is 1.25 bits per heavy atom. The minimum atomic E-state index is 0.333. The van der Waals surface area contributed by atoms with Crippen molar-refractivity contribution in [2.45, 2.75) is 70.3 Å². The lowest BCUT2D eigenvalue weighted by Crippen LogP contribution is -2.57. The highest BCUT2D eigenvalue weighted by molar-refractivity contribution is 9.10. The summed E-state index contributed by atoms with van der Waals surface area (Å²) in [5.74, 6) is 0. The van der Waals surface area contributed by atoms with Crippen LogP contribution in [0, 0.1) is 5.41 Å². The number of benzene rings is 1. The third-order valence-electron chi connectivity index (χ3n) is 6.52. The summed E-state index contributed by atoms with van der Waals surface area (Å²) in [6.07, 6.45) is 9.57. The number of nitrogens with one attached hydrogen (secondary N) is 1. The molecule has 0 saturated heterocycles. The summed E-state index contributed by atoms with van der Waals surface area (Å²) in [4.78, 5) is 2.53. The fourth-order valence-corrected chi connectivity index (χ4v) is 5.07. The van der Waals surface area contributed by atoms with Gasteiger partial charge in [-0.1, -0.05) is 47.8 Å². The molecule has 3 rings (SSSR count). The Bertz CT molecular complexity index is 545. The van der Waals surface area contributed by atoms with Gasteiger partial charge in [-0.2, -0.15) is 0 Å². The third kappa shape index (κ3) is 3.73. The maximum Gasteiger partial charge on any atom is 0.0480 e. The van der Waals surface area contributed by atoms with Gasteiger partial charge in [-0.25, -0.2) is 0 Å². The lowest BCUT2D eigenvalue weighted by Gasteiger charge is -2.55. The van der Waals surface area contributed by atoms with E-state index >= 15 is 0 Å². The predicted octanol–water partition coefficient (Wildman–Crippen LogP) is 5.32. The molecule has 1 aromatic rings. The molecule has 0 aromatic heterocycles. The molecule has 1 aromatic carbocycles. The first-order chi connectivity index (χ1) is 11.5. The summed E-state index contributed by atoms with van der Waals surface area (Å²) in [6.45, 7) is 6.83. The molecule has 2 saturated carbocycles. The summed E-state index contributed by atoms with van der Waals surface area (Å²) in [6, 6.07) is 9.62. The highest BCUT2D eigenvalue weighted by Gasteiger charge is 2.63. The van der Waals surface area contributed by atoms with Gasteiger partial charge in [0.15, 0.2) is 0 Å². The topological polar surface area (TPSA) is 15.3 Å². The van der Waals surface area contributed by atoms with Crippen LogP contribution < -0.4 is 5.32 Å². The second kappa shape index (κ2) is 7.47. The highest BCUT2D eigenvalue weighted by atomic mass is 79.9. The summed E-state index contributed by atoms with van der Waals surface area (Å²) >= 11 is 3.68. The van der Waals surface area contributed by atoms with Gasteiger partial charge in [0.25, 0.3) is 0 Å². The van der Waals surface area contributed by atoms with Gasteiger partial charge in [-0.05, 0) is 75.7 Å². The lowest BCUT2D eigenvalue weighted by molar-refractivity contribution is 0.0268. The van der Waals surface area contributed by atoms with E-state index in [1.165, 1.54) is 55.0 Å². The zero-order valence-electron chi connectivity index (χ0n) is 15.6. The molecule has 0 aliphatic heterocycles. The van der Waals surface area contributed by atoms with E-state index < -0.39 is 0 Å². The smallest absolute Gasteiger partial charge is 0.0480 e. The molecule has 1 N–H and O–H groups in total. The molecule has 2 nitrogen and oxygen atoms in total. The molecule has 0 bridgehead atoms. The molecule has 134 valence electrons. The fraction of sp³-hybridized carbons (Fsp3) is 0.714. The minimum Gasteiger partial charge on any atom is -0.304 e. The molecule has 24 heavy (non-hydrogen) atoms. The average molecular weight is 393 g/mol. The van der Waals surface area contributed by atoms with Gasteiger partial charge in [-0.3, -0.25) is 4.90 Å². The number of nitrogens with zero attached hydrogens (tertiary/aromatic N) is 1. The second-order valence-corrected chi connectivity index (χ2v) is 9.23. The molecule has 0 heterocycles. The highest BCUT2D eigenvalue weighted by Crippen LogP contribution is 2.70. The van der Waals surface area contributed by atoms with E-state index in [1.54, 1.807) is 0 Å². The standard InChI is InChI=1S/C21H33BrN2/c1-4-5-6-12-23-16-24(3)17(2)21(14-20(15-21)10-11-20)18-8-7-9-19(22)13-18/h7-9,13,17,23H,4-6,10-12,14-16H2,1-3H3. The van der Waals surface area contributed by atoms with Crippen LogP contribution in [0.4, 0.5) is 0 Å². The van der Waals surface area contributed by atoms with Crippen LogP contribution in [0.3, 0.4) is 0 Å². The molecule has 2 aliphatic rings. The maximum absolute atomic E-state index is 3.68. The van der Waals surface area contributed by atoms with Crippen molar-refractivity contribution in [3.8, 4) is 0 Å². The quantitative estimate of drug-likeness (QED) is 0.451. The van der Waals surface area contributed by atoms with Crippen LogP contribution in [0.2, 0.25) is 0 Å². The van der Waals surface area contributed by atoms with Crippen molar-refractivity contribution < 1.29 is 0 Å². The van der Waals surface area contributed by atoms with Crippen molar-refractivity contribution in [3.05, 3.63) is 34.3 Å². The SMILES string of the molecule is CCCCCNCN(C)C(C)C1(c2cccc(Br)c2)CC2(CC2)C1. The van der Waals surface area contributed by atoms with Crippen molar-refractivity contribution >= 4 is 15.9 Å². The predicted molar refractivity (Wildman–Crippen MR) is 106 cm³/mol. The normalized spacial score (nSPS) is 21.7. The molecule has 3 heteroatoms. The Balaban J connectivity index is 1.65. The Morgan fingerprint density at radius 2 is 2.00 bits per heavy atom. The molecule has 2 aliphatic carbocycles. The number of likely N-dealkylation sites (N-methyl/N-ethyl adjacent to an activating group) is 1. The lowest BCUT2D eigenvalue weighted by atomic mass is 9.53. The minimum absolute atomic E-state index is 0.333. The largest absolute Gasteiger partial charge is 0.304 e. The van der Waals surface area contributed by atoms with Crippen molar-refractivity contribution in [3.63, 3.8) is 0 Å². The Hall–Kier alpha value is -0.380. The van der Waals surface area contributed by atoms with Crippen LogP contribution in [-0.4, -0.2) is 31.2 Å². The van der Waals surface area contributed by atoms with E-state index in [9.17, 15) is 0 Å². The average Bonchev–Trinajstić information content (AvgIpc) is 3.32. The van der Waals surface area contributed by atoms with E-state index in [0.29, 0.717) is 16.9 Å². The first-order valence-corrected chi connectivity index (χ1v) is 10.5. The van der Waals surface area contributed by atoms with Gasteiger partial charge in [0.2, 0.25) is 0 Å². The molecule has 1 unspecified atom stereocenters. The van der Waals surface area contributed by atoms with Crippen LogP contribution in [0.15, 0.2) is 28.7 Å². The van der Waals surface area contributed by atoms with E-state index in [2.05, 4.69) is 71.3 Å². The summed E-state index contributed by atoms with van der Waals surface area (Å²) in [7, 11) is 2.29. The van der Waals surface area contributed by atoms with E-state index in [0.717, 1.165) is 13.2 Å². The number of hydrogen-bond acceptors (Lipinski definition) is 2. The van der Waals surface area contributed by atoms with E-state index in [4.69, 9.17) is 0 Å². The number of hydrogen-bond donors (Lipinski definition) is 1. The number of unbranched alkanes of at least 4 members (excludes halogenated alkanes) is 2. The van der Waals surface area contributed by atoms with E-state index in [-0.39, 0.29) is 0 Å². The zero-order valence-corrected chi connectivity index (χ0v) is 17.2. The van der Waals surface area contributed by atoms with Gasteiger partial charge >= 0.3 is 0 Å². The van der Waals surface area contributed by atoms with Crippen LogP contribution in [-0.2, 0) is 5.41 Å². The molecular formula is C21H33BrN2.